The van der Waals surface area contributed by atoms with Crippen molar-refractivity contribution in [1.82, 2.24) is 4.98 Å². The second kappa shape index (κ2) is 11.7. The molecule has 0 aliphatic rings. The van der Waals surface area contributed by atoms with Gasteiger partial charge in [-0.15, -0.1) is 0 Å². The number of nitrogens with zero attached hydrogens (tertiary/aromatic N) is 2. The summed E-state index contributed by atoms with van der Waals surface area (Å²) in [6.45, 7) is 12.4. The average Bonchev–Trinajstić information content (AvgIpc) is 2.81. The van der Waals surface area contributed by atoms with Crippen molar-refractivity contribution in [3.8, 4) is 28.1 Å². The van der Waals surface area contributed by atoms with E-state index in [4.69, 9.17) is 4.74 Å². The number of aryl methyl sites for hydroxylation is 2. The van der Waals surface area contributed by atoms with Gasteiger partial charge in [-0.1, -0.05) is 29.4 Å². The normalized spacial score (nSPS) is 10.5. The topological polar surface area (TPSA) is 62.7 Å². The van der Waals surface area contributed by atoms with Gasteiger partial charge in [0.25, 0.3) is 0 Å². The van der Waals surface area contributed by atoms with E-state index in [1.54, 1.807) is 24.4 Å². The van der Waals surface area contributed by atoms with Crippen LogP contribution in [0.25, 0.3) is 22.3 Å². The summed E-state index contributed by atoms with van der Waals surface area (Å²) in [7, 11) is 0. The fourth-order valence-corrected chi connectivity index (χ4v) is 3.79. The largest absolute Gasteiger partial charge is 0.473 e. The smallest absolute Gasteiger partial charge is 0.412 e. The highest BCUT2D eigenvalue weighted by Gasteiger charge is 2.17. The monoisotopic (exact) mass is 488 g/mol. The van der Waals surface area contributed by atoms with E-state index in [9.17, 15) is 9.90 Å². The number of carbonyl (C=O) groups is 1. The lowest BCUT2D eigenvalue weighted by atomic mass is 9.92. The first-order valence-electron chi connectivity index (χ1n) is 11.8. The summed E-state index contributed by atoms with van der Waals surface area (Å²) in [5.74, 6) is 0.0927. The van der Waals surface area contributed by atoms with E-state index in [1.165, 1.54) is 11.6 Å². The lowest BCUT2D eigenvalue weighted by Crippen LogP contribution is -2.29. The first-order chi connectivity index (χ1) is 17.1. The molecule has 1 amide bonds. The van der Waals surface area contributed by atoms with Gasteiger partial charge in [-0.05, 0) is 94.1 Å². The standard InChI is InChI=1S/C30H33FN2O3/c1-19(2)11-13-33(30(34)35)24-8-9-25(28(31)17-24)27-16-21(5)26(15-22(27)6)23-7-10-29(32-18-23)36-14-12-20(3)4/h7-12,15-18H,13-14H2,1-6H3,(H,34,35). The van der Waals surface area contributed by atoms with Crippen molar-refractivity contribution in [3.63, 3.8) is 0 Å². The number of hydrogen-bond donors (Lipinski definition) is 1. The van der Waals surface area contributed by atoms with E-state index in [2.05, 4.69) is 4.98 Å². The van der Waals surface area contributed by atoms with Crippen LogP contribution in [0.5, 0.6) is 5.88 Å². The number of allylic oxidation sites excluding steroid dienone is 2. The lowest BCUT2D eigenvalue weighted by Gasteiger charge is -2.19. The van der Waals surface area contributed by atoms with Crippen LogP contribution in [0, 0.1) is 19.7 Å². The van der Waals surface area contributed by atoms with Gasteiger partial charge in [-0.2, -0.15) is 0 Å². The van der Waals surface area contributed by atoms with Crippen LogP contribution in [0.1, 0.15) is 38.8 Å². The maximum absolute atomic E-state index is 15.2. The van der Waals surface area contributed by atoms with Crippen molar-refractivity contribution in [1.29, 1.82) is 0 Å². The molecule has 0 radical (unpaired) electrons. The number of carboxylic acid groups (broad SMARTS) is 1. The molecule has 0 saturated carbocycles. The van der Waals surface area contributed by atoms with E-state index >= 15 is 4.39 Å². The highest BCUT2D eigenvalue weighted by molar-refractivity contribution is 5.87. The van der Waals surface area contributed by atoms with E-state index in [-0.39, 0.29) is 6.54 Å². The highest BCUT2D eigenvalue weighted by atomic mass is 19.1. The van der Waals surface area contributed by atoms with Crippen LogP contribution in [0.15, 0.2) is 72.0 Å². The number of rotatable bonds is 8. The number of benzene rings is 2. The zero-order chi connectivity index (χ0) is 26.4. The minimum Gasteiger partial charge on any atom is -0.473 e. The molecule has 0 unspecified atom stereocenters. The van der Waals surface area contributed by atoms with Crippen LogP contribution in [-0.4, -0.2) is 29.3 Å². The fourth-order valence-electron chi connectivity index (χ4n) is 3.79. The molecule has 6 heteroatoms. The quantitative estimate of drug-likeness (QED) is 0.327. The van der Waals surface area contributed by atoms with Crippen molar-refractivity contribution < 1.29 is 19.0 Å². The number of amides is 1. The first kappa shape index (κ1) is 26.7. The van der Waals surface area contributed by atoms with Crippen LogP contribution in [0.2, 0.25) is 0 Å². The summed E-state index contributed by atoms with van der Waals surface area (Å²) in [5, 5.41) is 9.58. The number of pyridine rings is 1. The summed E-state index contributed by atoms with van der Waals surface area (Å²) in [6.07, 6.45) is 4.44. The summed E-state index contributed by atoms with van der Waals surface area (Å²) < 4.78 is 20.9. The molecule has 1 aromatic heterocycles. The van der Waals surface area contributed by atoms with Gasteiger partial charge < -0.3 is 9.84 Å². The third-order valence-corrected chi connectivity index (χ3v) is 5.81. The van der Waals surface area contributed by atoms with Crippen molar-refractivity contribution in [2.75, 3.05) is 18.1 Å². The van der Waals surface area contributed by atoms with Gasteiger partial charge in [-0.25, -0.2) is 14.2 Å². The number of anilines is 1. The molecule has 0 fully saturated rings. The van der Waals surface area contributed by atoms with E-state index in [0.717, 1.165) is 38.3 Å². The molecule has 0 aliphatic heterocycles. The second-order valence-corrected chi connectivity index (χ2v) is 9.30. The van der Waals surface area contributed by atoms with Crippen LogP contribution < -0.4 is 9.64 Å². The predicted molar refractivity (Wildman–Crippen MR) is 144 cm³/mol. The van der Waals surface area contributed by atoms with E-state index in [0.29, 0.717) is 23.7 Å². The Morgan fingerprint density at radius 3 is 2.19 bits per heavy atom. The molecule has 5 nitrogen and oxygen atoms in total. The average molecular weight is 489 g/mol. The van der Waals surface area contributed by atoms with Crippen LogP contribution in [0.4, 0.5) is 14.9 Å². The summed E-state index contributed by atoms with van der Waals surface area (Å²) in [6, 6.07) is 12.4. The van der Waals surface area contributed by atoms with Crippen molar-refractivity contribution in [2.45, 2.75) is 41.5 Å². The second-order valence-electron chi connectivity index (χ2n) is 9.30. The molecule has 36 heavy (non-hydrogen) atoms. The highest BCUT2D eigenvalue weighted by Crippen LogP contribution is 2.34. The molecule has 0 spiro atoms. The molecule has 0 bridgehead atoms. The molecule has 1 heterocycles. The number of aromatic nitrogens is 1. The van der Waals surface area contributed by atoms with Gasteiger partial charge in [0, 0.05) is 29.9 Å². The molecule has 2 aromatic carbocycles. The van der Waals surface area contributed by atoms with Crippen LogP contribution in [0.3, 0.4) is 0 Å². The van der Waals surface area contributed by atoms with Crippen molar-refractivity contribution in [3.05, 3.63) is 88.9 Å². The Morgan fingerprint density at radius 1 is 0.944 bits per heavy atom. The minimum absolute atomic E-state index is 0.163. The maximum atomic E-state index is 15.2. The third kappa shape index (κ3) is 6.60. The number of halogens is 1. The van der Waals surface area contributed by atoms with Crippen LogP contribution in [-0.2, 0) is 0 Å². The molecular weight excluding hydrogens is 455 g/mol. The Hall–Kier alpha value is -3.93. The third-order valence-electron chi connectivity index (χ3n) is 5.81. The van der Waals surface area contributed by atoms with Gasteiger partial charge in [0.05, 0.1) is 5.69 Å². The molecule has 1 N–H and O–H groups in total. The molecule has 0 aliphatic carbocycles. The molecule has 3 aromatic rings. The fraction of sp³-hybridized carbons (Fsp3) is 0.267. The van der Waals surface area contributed by atoms with Gasteiger partial charge in [0.1, 0.15) is 12.4 Å². The molecule has 0 saturated heterocycles. The Kier molecular flexibility index (Phi) is 8.64. The Balaban J connectivity index is 1.88. The van der Waals surface area contributed by atoms with Gasteiger partial charge in [0.2, 0.25) is 5.88 Å². The maximum Gasteiger partial charge on any atom is 0.412 e. The summed E-state index contributed by atoms with van der Waals surface area (Å²) >= 11 is 0. The number of ether oxygens (including phenoxy) is 1. The van der Waals surface area contributed by atoms with E-state index in [1.807, 2.05) is 71.9 Å². The van der Waals surface area contributed by atoms with Crippen LogP contribution >= 0.6 is 0 Å². The summed E-state index contributed by atoms with van der Waals surface area (Å²) in [5.41, 5.74) is 7.52. The van der Waals surface area contributed by atoms with Gasteiger partial charge in [-0.3, -0.25) is 4.90 Å². The molecule has 3 rings (SSSR count). The zero-order valence-corrected chi connectivity index (χ0v) is 21.7. The van der Waals surface area contributed by atoms with Gasteiger partial charge >= 0.3 is 6.09 Å². The predicted octanol–water partition coefficient (Wildman–Crippen LogP) is 7.97. The Morgan fingerprint density at radius 2 is 1.61 bits per heavy atom. The van der Waals surface area contributed by atoms with Gasteiger partial charge in [0.15, 0.2) is 0 Å². The zero-order valence-electron chi connectivity index (χ0n) is 21.7. The Labute approximate surface area is 212 Å². The van der Waals surface area contributed by atoms with E-state index < -0.39 is 11.9 Å². The first-order valence-corrected chi connectivity index (χ1v) is 11.8. The number of hydrogen-bond acceptors (Lipinski definition) is 3. The minimum atomic E-state index is -1.13. The Bertz CT molecular complexity index is 1300. The van der Waals surface area contributed by atoms with Crippen molar-refractivity contribution >= 4 is 11.8 Å². The molecule has 0 atom stereocenters. The molecule has 188 valence electrons. The lowest BCUT2D eigenvalue weighted by molar-refractivity contribution is 0.202. The molecular formula is C30H33FN2O3. The van der Waals surface area contributed by atoms with Crippen molar-refractivity contribution in [2.24, 2.45) is 0 Å². The summed E-state index contributed by atoms with van der Waals surface area (Å²) in [4.78, 5) is 17.2. The SMILES string of the molecule is CC(C)=CCOc1ccc(-c2cc(C)c(-c3ccc(N(CC=C(C)C)C(=O)O)cc3F)cc2C)cn1.